The highest BCUT2D eigenvalue weighted by Crippen LogP contribution is 2.20. The molecule has 20 heavy (non-hydrogen) atoms. The molecule has 3 nitrogen and oxygen atoms in total. The zero-order valence-electron chi connectivity index (χ0n) is 13.4. The van der Waals surface area contributed by atoms with Crippen LogP contribution in [0.3, 0.4) is 0 Å². The van der Waals surface area contributed by atoms with Gasteiger partial charge in [0, 0.05) is 0 Å². The first-order valence-electron chi connectivity index (χ1n) is 7.03. The van der Waals surface area contributed by atoms with Gasteiger partial charge in [-0.2, -0.15) is 0 Å². The van der Waals surface area contributed by atoms with Gasteiger partial charge < -0.3 is 9.47 Å². The third-order valence-corrected chi connectivity index (χ3v) is 2.60. The van der Waals surface area contributed by atoms with Gasteiger partial charge in [-0.3, -0.25) is 0 Å². The number of rotatable bonds is 4. The molecule has 0 aromatic heterocycles. The maximum absolute atomic E-state index is 11.9. The van der Waals surface area contributed by atoms with Gasteiger partial charge in [0.15, 0.2) is 0 Å². The lowest BCUT2D eigenvalue weighted by molar-refractivity contribution is 0.0465. The first kappa shape index (κ1) is 16.5. The van der Waals surface area contributed by atoms with Crippen molar-refractivity contribution in [2.45, 2.75) is 53.6 Å². The van der Waals surface area contributed by atoms with Crippen LogP contribution in [0.15, 0.2) is 24.3 Å². The van der Waals surface area contributed by atoms with E-state index in [-0.39, 0.29) is 17.0 Å². The molecule has 0 atom stereocenters. The summed E-state index contributed by atoms with van der Waals surface area (Å²) in [5.74, 6) is 0.473. The summed E-state index contributed by atoms with van der Waals surface area (Å²) in [7, 11) is 0. The Morgan fingerprint density at radius 2 is 1.55 bits per heavy atom. The SMILES string of the molecule is CC(C)(C)CCOC(=O)c1ccc(OC(C)(C)C)cc1. The summed E-state index contributed by atoms with van der Waals surface area (Å²) >= 11 is 0. The van der Waals surface area contributed by atoms with Crippen molar-refractivity contribution in [1.82, 2.24) is 0 Å². The van der Waals surface area contributed by atoms with Gasteiger partial charge in [0.05, 0.1) is 12.2 Å². The topological polar surface area (TPSA) is 35.5 Å². The van der Waals surface area contributed by atoms with E-state index in [1.807, 2.05) is 20.8 Å². The van der Waals surface area contributed by atoms with Gasteiger partial charge in [-0.25, -0.2) is 4.79 Å². The highest BCUT2D eigenvalue weighted by atomic mass is 16.5. The van der Waals surface area contributed by atoms with Crippen LogP contribution in [0.2, 0.25) is 0 Å². The molecule has 0 radical (unpaired) electrons. The monoisotopic (exact) mass is 278 g/mol. The van der Waals surface area contributed by atoms with Gasteiger partial charge in [0.1, 0.15) is 11.4 Å². The average molecular weight is 278 g/mol. The number of hydrogen-bond donors (Lipinski definition) is 0. The van der Waals surface area contributed by atoms with Gasteiger partial charge in [-0.1, -0.05) is 20.8 Å². The van der Waals surface area contributed by atoms with E-state index in [0.29, 0.717) is 12.2 Å². The summed E-state index contributed by atoms with van der Waals surface area (Å²) in [6.45, 7) is 12.8. The molecule has 0 saturated carbocycles. The Bertz CT molecular complexity index is 433. The van der Waals surface area contributed by atoms with E-state index in [2.05, 4.69) is 20.8 Å². The molecule has 1 aromatic rings. The van der Waals surface area contributed by atoms with E-state index in [1.54, 1.807) is 24.3 Å². The minimum Gasteiger partial charge on any atom is -0.488 e. The van der Waals surface area contributed by atoms with Crippen molar-refractivity contribution in [2.75, 3.05) is 6.61 Å². The number of ether oxygens (including phenoxy) is 2. The van der Waals surface area contributed by atoms with Crippen LogP contribution in [0.1, 0.15) is 58.3 Å². The molecule has 0 amide bonds. The Morgan fingerprint density at radius 3 is 2.00 bits per heavy atom. The third-order valence-electron chi connectivity index (χ3n) is 2.60. The van der Waals surface area contributed by atoms with Gasteiger partial charge >= 0.3 is 5.97 Å². The van der Waals surface area contributed by atoms with E-state index < -0.39 is 0 Å². The Morgan fingerprint density at radius 1 is 1.00 bits per heavy atom. The standard InChI is InChI=1S/C17H26O3/c1-16(2,3)11-12-19-15(18)13-7-9-14(10-8-13)20-17(4,5)6/h7-10H,11-12H2,1-6H3. The molecule has 0 fully saturated rings. The Kier molecular flexibility index (Phi) is 5.21. The fourth-order valence-electron chi connectivity index (χ4n) is 1.55. The van der Waals surface area contributed by atoms with Gasteiger partial charge in [0.2, 0.25) is 0 Å². The number of esters is 1. The second-order valence-corrected chi connectivity index (χ2v) is 7.19. The molecule has 0 heterocycles. The first-order valence-corrected chi connectivity index (χ1v) is 7.03. The molecule has 1 rings (SSSR count). The highest BCUT2D eigenvalue weighted by Gasteiger charge is 2.14. The second-order valence-electron chi connectivity index (χ2n) is 7.19. The van der Waals surface area contributed by atoms with Crippen molar-refractivity contribution in [3.05, 3.63) is 29.8 Å². The number of hydrogen-bond acceptors (Lipinski definition) is 3. The minimum absolute atomic E-state index is 0.171. The summed E-state index contributed by atoms with van der Waals surface area (Å²) in [5, 5.41) is 0. The molecule has 0 spiro atoms. The van der Waals surface area contributed by atoms with Crippen LogP contribution in [-0.4, -0.2) is 18.2 Å². The smallest absolute Gasteiger partial charge is 0.338 e. The average Bonchev–Trinajstić information content (AvgIpc) is 2.25. The van der Waals surface area contributed by atoms with Crippen LogP contribution in [0.5, 0.6) is 5.75 Å². The summed E-state index contributed by atoms with van der Waals surface area (Å²) in [6.07, 6.45) is 0.851. The summed E-state index contributed by atoms with van der Waals surface area (Å²) in [6, 6.07) is 7.07. The van der Waals surface area contributed by atoms with Crippen molar-refractivity contribution in [2.24, 2.45) is 5.41 Å². The van der Waals surface area contributed by atoms with Crippen LogP contribution in [-0.2, 0) is 4.74 Å². The normalized spacial score (nSPS) is 12.1. The predicted molar refractivity (Wildman–Crippen MR) is 81.2 cm³/mol. The third kappa shape index (κ3) is 6.60. The quantitative estimate of drug-likeness (QED) is 0.763. The molecular weight excluding hydrogens is 252 g/mol. The van der Waals surface area contributed by atoms with E-state index in [1.165, 1.54) is 0 Å². The van der Waals surface area contributed by atoms with Crippen molar-refractivity contribution in [1.29, 1.82) is 0 Å². The molecule has 0 saturated heterocycles. The van der Waals surface area contributed by atoms with Crippen LogP contribution < -0.4 is 4.74 Å². The molecule has 3 heteroatoms. The molecule has 1 aromatic carbocycles. The van der Waals surface area contributed by atoms with E-state index >= 15 is 0 Å². The lowest BCUT2D eigenvalue weighted by atomic mass is 9.93. The maximum atomic E-state index is 11.9. The maximum Gasteiger partial charge on any atom is 0.338 e. The lowest BCUT2D eigenvalue weighted by Crippen LogP contribution is -2.22. The largest absolute Gasteiger partial charge is 0.488 e. The minimum atomic E-state index is -0.281. The van der Waals surface area contributed by atoms with E-state index in [9.17, 15) is 4.79 Å². The summed E-state index contributed by atoms with van der Waals surface area (Å²) < 4.78 is 11.0. The summed E-state index contributed by atoms with van der Waals surface area (Å²) in [5.41, 5.74) is 0.486. The molecule has 0 N–H and O–H groups in total. The van der Waals surface area contributed by atoms with Crippen LogP contribution in [0.25, 0.3) is 0 Å². The Balaban J connectivity index is 2.54. The number of carbonyl (C=O) groups is 1. The molecule has 0 aliphatic heterocycles. The Labute approximate surface area is 122 Å². The van der Waals surface area contributed by atoms with Gasteiger partial charge in [-0.05, 0) is 56.9 Å². The van der Waals surface area contributed by atoms with Crippen molar-refractivity contribution >= 4 is 5.97 Å². The molecular formula is C17H26O3. The van der Waals surface area contributed by atoms with Crippen LogP contribution >= 0.6 is 0 Å². The molecule has 0 unspecified atom stereocenters. The van der Waals surface area contributed by atoms with Crippen molar-refractivity contribution < 1.29 is 14.3 Å². The lowest BCUT2D eigenvalue weighted by Gasteiger charge is -2.21. The van der Waals surface area contributed by atoms with E-state index in [0.717, 1.165) is 12.2 Å². The summed E-state index contributed by atoms with van der Waals surface area (Å²) in [4.78, 5) is 11.9. The van der Waals surface area contributed by atoms with Gasteiger partial charge in [-0.15, -0.1) is 0 Å². The molecule has 0 bridgehead atoms. The van der Waals surface area contributed by atoms with Crippen molar-refractivity contribution in [3.8, 4) is 5.75 Å². The fraction of sp³-hybridized carbons (Fsp3) is 0.588. The van der Waals surface area contributed by atoms with Crippen LogP contribution in [0.4, 0.5) is 0 Å². The molecule has 112 valence electrons. The van der Waals surface area contributed by atoms with Crippen molar-refractivity contribution in [3.63, 3.8) is 0 Å². The zero-order valence-corrected chi connectivity index (χ0v) is 13.4. The van der Waals surface area contributed by atoms with Gasteiger partial charge in [0.25, 0.3) is 0 Å². The highest BCUT2D eigenvalue weighted by molar-refractivity contribution is 5.89. The zero-order chi connectivity index (χ0) is 15.4. The Hall–Kier alpha value is -1.51. The van der Waals surface area contributed by atoms with E-state index in [4.69, 9.17) is 9.47 Å². The first-order chi connectivity index (χ1) is 9.07. The molecule has 0 aliphatic carbocycles. The molecule has 0 aliphatic rings. The second kappa shape index (κ2) is 6.29. The predicted octanol–water partition coefficient (Wildman–Crippen LogP) is 4.46. The number of carbonyl (C=O) groups excluding carboxylic acids is 1. The van der Waals surface area contributed by atoms with Crippen LogP contribution in [0, 0.1) is 5.41 Å². The number of benzene rings is 1. The fourth-order valence-corrected chi connectivity index (χ4v) is 1.55.